The van der Waals surface area contributed by atoms with Gasteiger partial charge in [0.05, 0.1) is 19.4 Å². The summed E-state index contributed by atoms with van der Waals surface area (Å²) < 4.78 is 0. The third-order valence-electron chi connectivity index (χ3n) is 3.60. The minimum atomic E-state index is -1.66. The number of rotatable bonds is 13. The number of amides is 5. The fourth-order valence-electron chi connectivity index (χ4n) is 2.31. The Labute approximate surface area is 167 Å². The third kappa shape index (κ3) is 10.6. The van der Waals surface area contributed by atoms with Crippen LogP contribution in [0.1, 0.15) is 33.1 Å². The van der Waals surface area contributed by atoms with Crippen molar-refractivity contribution in [3.05, 3.63) is 0 Å². The van der Waals surface area contributed by atoms with E-state index in [0.717, 1.165) is 0 Å². The van der Waals surface area contributed by atoms with Gasteiger partial charge < -0.3 is 38.3 Å². The van der Waals surface area contributed by atoms with Crippen LogP contribution in [0.4, 0.5) is 0 Å². The molecule has 0 aromatic rings. The molecule has 0 aliphatic carbocycles. The maximum Gasteiger partial charge on any atom is 0.326 e. The summed E-state index contributed by atoms with van der Waals surface area (Å²) in [7, 11) is 0. The number of carbonyl (C=O) groups excluding carboxylic acids is 5. The van der Waals surface area contributed by atoms with Gasteiger partial charge in [-0.3, -0.25) is 24.0 Å². The Kier molecular flexibility index (Phi) is 10.9. The van der Waals surface area contributed by atoms with Crippen LogP contribution >= 0.6 is 0 Å². The molecule has 0 aromatic heterocycles. The molecule has 3 unspecified atom stereocenters. The zero-order valence-corrected chi connectivity index (χ0v) is 16.3. The van der Waals surface area contributed by atoms with E-state index >= 15 is 0 Å². The maximum absolute atomic E-state index is 12.5. The van der Waals surface area contributed by atoms with Crippen molar-refractivity contribution in [3.8, 4) is 0 Å². The Bertz CT molecular complexity index is 652. The molecule has 0 fully saturated rings. The fraction of sp³-hybridized carbons (Fsp3) is 0.625. The third-order valence-corrected chi connectivity index (χ3v) is 3.60. The Balaban J connectivity index is 5.41. The highest BCUT2D eigenvalue weighted by atomic mass is 16.4. The van der Waals surface area contributed by atoms with Crippen LogP contribution < -0.4 is 33.2 Å². The van der Waals surface area contributed by atoms with Crippen molar-refractivity contribution in [2.24, 2.45) is 23.1 Å². The van der Waals surface area contributed by atoms with Gasteiger partial charge in [0.1, 0.15) is 18.1 Å². The molecule has 0 rings (SSSR count). The van der Waals surface area contributed by atoms with Gasteiger partial charge in [-0.1, -0.05) is 13.8 Å². The number of carboxylic acids is 1. The second kappa shape index (κ2) is 12.3. The molecule has 0 saturated heterocycles. The van der Waals surface area contributed by atoms with Gasteiger partial charge in [0.15, 0.2) is 0 Å². The monoisotopic (exact) mass is 416 g/mol. The topological polar surface area (TPSA) is 237 Å². The van der Waals surface area contributed by atoms with Crippen molar-refractivity contribution in [1.29, 1.82) is 0 Å². The van der Waals surface area contributed by atoms with Gasteiger partial charge in [-0.25, -0.2) is 4.79 Å². The summed E-state index contributed by atoms with van der Waals surface area (Å²) in [6, 6.07) is -4.23. The maximum atomic E-state index is 12.5. The summed E-state index contributed by atoms with van der Waals surface area (Å²) in [5.74, 6) is -5.92. The molecule has 0 aliphatic heterocycles. The summed E-state index contributed by atoms with van der Waals surface area (Å²) in [6.45, 7) is 3.23. The van der Waals surface area contributed by atoms with E-state index in [1.807, 2.05) is 5.32 Å². The van der Waals surface area contributed by atoms with Crippen LogP contribution in [-0.4, -0.2) is 65.3 Å². The quantitative estimate of drug-likeness (QED) is 0.157. The van der Waals surface area contributed by atoms with Crippen molar-refractivity contribution < 1.29 is 33.9 Å². The highest BCUT2D eigenvalue weighted by molar-refractivity contribution is 5.96. The molecule has 0 bridgehead atoms. The number of hydrogen-bond acceptors (Lipinski definition) is 7. The Morgan fingerprint density at radius 1 is 0.793 bits per heavy atom. The fourth-order valence-corrected chi connectivity index (χ4v) is 2.31. The standard InChI is InChI=1S/C16H28N6O7/c1-7(2)3-8(20-13(25)6-17)14(26)21-9(4-11(18)23)15(27)22-10(16(28)29)5-12(19)24/h7-10H,3-6,17H2,1-2H3,(H2,18,23)(H2,19,24)(H,20,25)(H,21,26)(H,22,27)(H,28,29). The molecule has 0 saturated carbocycles. The summed E-state index contributed by atoms with van der Waals surface area (Å²) in [5.41, 5.74) is 15.3. The molecule has 3 atom stereocenters. The minimum Gasteiger partial charge on any atom is -0.480 e. The van der Waals surface area contributed by atoms with Crippen LogP contribution in [0.15, 0.2) is 0 Å². The van der Waals surface area contributed by atoms with Gasteiger partial charge in [0, 0.05) is 0 Å². The van der Waals surface area contributed by atoms with Crippen molar-refractivity contribution in [3.63, 3.8) is 0 Å². The predicted octanol–water partition coefficient (Wildman–Crippen LogP) is -3.72. The SMILES string of the molecule is CC(C)CC(NC(=O)CN)C(=O)NC(CC(N)=O)C(=O)NC(CC(N)=O)C(=O)O. The van der Waals surface area contributed by atoms with E-state index in [9.17, 15) is 28.8 Å². The summed E-state index contributed by atoms with van der Waals surface area (Å²) in [4.78, 5) is 69.9. The number of hydrogen-bond donors (Lipinski definition) is 7. The lowest BCUT2D eigenvalue weighted by molar-refractivity contribution is -0.144. The lowest BCUT2D eigenvalue weighted by Crippen LogP contribution is -2.57. The van der Waals surface area contributed by atoms with Crippen molar-refractivity contribution in [2.45, 2.75) is 51.2 Å². The van der Waals surface area contributed by atoms with E-state index in [0.29, 0.717) is 0 Å². The smallest absolute Gasteiger partial charge is 0.326 e. The van der Waals surface area contributed by atoms with E-state index in [4.69, 9.17) is 22.3 Å². The predicted molar refractivity (Wildman–Crippen MR) is 99.6 cm³/mol. The number of carboxylic acid groups (broad SMARTS) is 1. The van der Waals surface area contributed by atoms with Crippen molar-refractivity contribution >= 4 is 35.5 Å². The summed E-state index contributed by atoms with van der Waals surface area (Å²) in [5, 5.41) is 15.8. The van der Waals surface area contributed by atoms with E-state index in [1.165, 1.54) is 0 Å². The van der Waals surface area contributed by atoms with Crippen LogP contribution in [0.25, 0.3) is 0 Å². The van der Waals surface area contributed by atoms with Gasteiger partial charge in [-0.15, -0.1) is 0 Å². The molecule has 0 spiro atoms. The molecular weight excluding hydrogens is 388 g/mol. The normalized spacial score (nSPS) is 13.7. The van der Waals surface area contributed by atoms with E-state index < -0.39 is 66.5 Å². The van der Waals surface area contributed by atoms with E-state index in [1.54, 1.807) is 13.8 Å². The molecule has 0 heterocycles. The Morgan fingerprint density at radius 3 is 1.66 bits per heavy atom. The van der Waals surface area contributed by atoms with Gasteiger partial charge in [0.25, 0.3) is 0 Å². The first kappa shape index (κ1) is 25.8. The van der Waals surface area contributed by atoms with Gasteiger partial charge in [-0.2, -0.15) is 0 Å². The van der Waals surface area contributed by atoms with E-state index in [-0.39, 0.29) is 18.9 Å². The second-order valence-electron chi connectivity index (χ2n) is 6.76. The summed E-state index contributed by atoms with van der Waals surface area (Å²) >= 11 is 0. The first-order valence-electron chi connectivity index (χ1n) is 8.76. The number of nitrogens with one attached hydrogen (secondary N) is 3. The molecule has 13 heteroatoms. The highest BCUT2D eigenvalue weighted by Crippen LogP contribution is 2.06. The van der Waals surface area contributed by atoms with E-state index in [2.05, 4.69) is 10.6 Å². The first-order chi connectivity index (χ1) is 13.4. The molecule has 0 aliphatic rings. The van der Waals surface area contributed by atoms with Crippen molar-refractivity contribution in [2.75, 3.05) is 6.54 Å². The Morgan fingerprint density at radius 2 is 1.24 bits per heavy atom. The largest absolute Gasteiger partial charge is 0.480 e. The lowest BCUT2D eigenvalue weighted by Gasteiger charge is -2.24. The van der Waals surface area contributed by atoms with Crippen LogP contribution in [0.2, 0.25) is 0 Å². The Hall–Kier alpha value is -3.22. The van der Waals surface area contributed by atoms with Gasteiger partial charge in [0.2, 0.25) is 29.5 Å². The molecule has 5 amide bonds. The van der Waals surface area contributed by atoms with Crippen LogP contribution in [0, 0.1) is 5.92 Å². The number of carbonyl (C=O) groups is 6. The first-order valence-corrected chi connectivity index (χ1v) is 8.76. The minimum absolute atomic E-state index is 0.0146. The number of nitrogens with two attached hydrogens (primary N) is 3. The average molecular weight is 416 g/mol. The molecule has 0 radical (unpaired) electrons. The number of aliphatic carboxylic acids is 1. The lowest BCUT2D eigenvalue weighted by atomic mass is 10.0. The number of primary amides is 2. The molecule has 29 heavy (non-hydrogen) atoms. The van der Waals surface area contributed by atoms with Crippen LogP contribution in [0.5, 0.6) is 0 Å². The van der Waals surface area contributed by atoms with Crippen LogP contribution in [-0.2, 0) is 28.8 Å². The zero-order chi connectivity index (χ0) is 22.7. The zero-order valence-electron chi connectivity index (χ0n) is 16.3. The molecule has 164 valence electrons. The molecule has 13 nitrogen and oxygen atoms in total. The molecule has 10 N–H and O–H groups in total. The van der Waals surface area contributed by atoms with Crippen LogP contribution in [0.3, 0.4) is 0 Å². The molecule has 0 aromatic carbocycles. The van der Waals surface area contributed by atoms with Gasteiger partial charge in [-0.05, 0) is 12.3 Å². The van der Waals surface area contributed by atoms with Gasteiger partial charge >= 0.3 is 5.97 Å². The summed E-state index contributed by atoms with van der Waals surface area (Å²) in [6.07, 6.45) is -1.12. The average Bonchev–Trinajstić information content (AvgIpc) is 2.58. The van der Waals surface area contributed by atoms with Crippen molar-refractivity contribution in [1.82, 2.24) is 16.0 Å². The highest BCUT2D eigenvalue weighted by Gasteiger charge is 2.31. The second-order valence-corrected chi connectivity index (χ2v) is 6.76. The molecular formula is C16H28N6O7.